The minimum atomic E-state index is -0.174. The molecule has 106 valence electrons. The summed E-state index contributed by atoms with van der Waals surface area (Å²) < 4.78 is 0. The molecule has 1 heterocycles. The Labute approximate surface area is 119 Å². The molecule has 3 rings (SSSR count). The first-order valence-electron chi connectivity index (χ1n) is 7.27. The number of carbonyl (C=O) groups is 2. The number of amides is 2. The smallest absolute Gasteiger partial charge is 0.225 e. The Balaban J connectivity index is 1.55. The standard InChI is InChI=1S/C16H20N2O2/c1-11-4-2-3-5-12(11)9-17-16(20)13-8-15(19)18(10-13)14-6-7-14/h2-5,13-14H,6-10H2,1H3,(H,17,20)/t13-/m1/s1. The molecule has 1 aromatic rings. The lowest BCUT2D eigenvalue weighted by Gasteiger charge is -2.15. The summed E-state index contributed by atoms with van der Waals surface area (Å²) in [6.07, 6.45) is 2.57. The quantitative estimate of drug-likeness (QED) is 0.905. The van der Waals surface area contributed by atoms with Gasteiger partial charge in [0, 0.05) is 25.6 Å². The van der Waals surface area contributed by atoms with Gasteiger partial charge in [-0.3, -0.25) is 9.59 Å². The second-order valence-electron chi connectivity index (χ2n) is 5.82. The van der Waals surface area contributed by atoms with Gasteiger partial charge in [-0.15, -0.1) is 0 Å². The highest BCUT2D eigenvalue weighted by molar-refractivity contribution is 5.89. The molecule has 0 radical (unpaired) electrons. The Bertz CT molecular complexity index is 537. The molecular weight excluding hydrogens is 252 g/mol. The Morgan fingerprint density at radius 3 is 2.80 bits per heavy atom. The lowest BCUT2D eigenvalue weighted by Crippen LogP contribution is -2.33. The number of carbonyl (C=O) groups excluding carboxylic acids is 2. The Hall–Kier alpha value is -1.84. The lowest BCUT2D eigenvalue weighted by atomic mass is 10.1. The van der Waals surface area contributed by atoms with Gasteiger partial charge >= 0.3 is 0 Å². The molecule has 0 unspecified atom stereocenters. The van der Waals surface area contributed by atoms with Gasteiger partial charge in [-0.1, -0.05) is 24.3 Å². The molecule has 1 aromatic carbocycles. The van der Waals surface area contributed by atoms with Crippen molar-refractivity contribution >= 4 is 11.8 Å². The van der Waals surface area contributed by atoms with E-state index in [2.05, 4.69) is 5.32 Å². The molecule has 4 heteroatoms. The fraction of sp³-hybridized carbons (Fsp3) is 0.500. The molecule has 2 aliphatic rings. The van der Waals surface area contributed by atoms with Crippen LogP contribution in [0.4, 0.5) is 0 Å². The van der Waals surface area contributed by atoms with Gasteiger partial charge in [0.05, 0.1) is 5.92 Å². The van der Waals surface area contributed by atoms with E-state index in [0.29, 0.717) is 25.6 Å². The van der Waals surface area contributed by atoms with E-state index in [4.69, 9.17) is 0 Å². The average Bonchev–Trinajstić information content (AvgIpc) is 3.20. The van der Waals surface area contributed by atoms with E-state index in [1.165, 1.54) is 5.56 Å². The van der Waals surface area contributed by atoms with E-state index >= 15 is 0 Å². The Morgan fingerprint density at radius 2 is 2.10 bits per heavy atom. The number of benzene rings is 1. The molecule has 1 aliphatic heterocycles. The highest BCUT2D eigenvalue weighted by Crippen LogP contribution is 2.32. The van der Waals surface area contributed by atoms with Crippen molar-refractivity contribution in [3.05, 3.63) is 35.4 Å². The third kappa shape index (κ3) is 2.69. The summed E-state index contributed by atoms with van der Waals surface area (Å²) in [5.74, 6) is -0.0274. The summed E-state index contributed by atoms with van der Waals surface area (Å²) in [5.41, 5.74) is 2.30. The Morgan fingerprint density at radius 1 is 1.35 bits per heavy atom. The average molecular weight is 272 g/mol. The fourth-order valence-corrected chi connectivity index (χ4v) is 2.78. The van der Waals surface area contributed by atoms with Gasteiger partial charge in [-0.25, -0.2) is 0 Å². The number of hydrogen-bond donors (Lipinski definition) is 1. The molecule has 20 heavy (non-hydrogen) atoms. The van der Waals surface area contributed by atoms with Crippen LogP contribution in [0.3, 0.4) is 0 Å². The first kappa shape index (κ1) is 13.2. The van der Waals surface area contributed by atoms with Gasteiger partial charge in [0.15, 0.2) is 0 Å². The van der Waals surface area contributed by atoms with Gasteiger partial charge in [0.2, 0.25) is 11.8 Å². The molecule has 1 saturated carbocycles. The lowest BCUT2D eigenvalue weighted by molar-refractivity contribution is -0.129. The summed E-state index contributed by atoms with van der Waals surface area (Å²) in [6.45, 7) is 3.18. The predicted molar refractivity (Wildman–Crippen MR) is 75.9 cm³/mol. The number of likely N-dealkylation sites (tertiary alicyclic amines) is 1. The van der Waals surface area contributed by atoms with Crippen LogP contribution in [0.1, 0.15) is 30.4 Å². The molecule has 2 fully saturated rings. The maximum atomic E-state index is 12.2. The van der Waals surface area contributed by atoms with Crippen LogP contribution >= 0.6 is 0 Å². The van der Waals surface area contributed by atoms with Crippen LogP contribution in [0.2, 0.25) is 0 Å². The monoisotopic (exact) mass is 272 g/mol. The zero-order valence-electron chi connectivity index (χ0n) is 11.8. The van der Waals surface area contributed by atoms with Crippen LogP contribution in [0, 0.1) is 12.8 Å². The second-order valence-corrected chi connectivity index (χ2v) is 5.82. The maximum Gasteiger partial charge on any atom is 0.225 e. The molecule has 0 aromatic heterocycles. The highest BCUT2D eigenvalue weighted by atomic mass is 16.2. The van der Waals surface area contributed by atoms with Crippen molar-refractivity contribution in [3.8, 4) is 0 Å². The van der Waals surface area contributed by atoms with Gasteiger partial charge in [0.1, 0.15) is 0 Å². The van der Waals surface area contributed by atoms with Crippen molar-refractivity contribution in [3.63, 3.8) is 0 Å². The van der Waals surface area contributed by atoms with Crippen molar-refractivity contribution in [2.75, 3.05) is 6.54 Å². The van der Waals surface area contributed by atoms with Crippen LogP contribution in [0.5, 0.6) is 0 Å². The Kier molecular flexibility index (Phi) is 3.47. The van der Waals surface area contributed by atoms with E-state index in [1.807, 2.05) is 36.1 Å². The van der Waals surface area contributed by atoms with Crippen LogP contribution in [0.25, 0.3) is 0 Å². The molecule has 2 amide bonds. The summed E-state index contributed by atoms with van der Waals surface area (Å²) in [5, 5.41) is 2.96. The van der Waals surface area contributed by atoms with Crippen molar-refractivity contribution in [2.45, 2.75) is 38.8 Å². The first-order valence-corrected chi connectivity index (χ1v) is 7.27. The summed E-state index contributed by atoms with van der Waals surface area (Å²) in [4.78, 5) is 25.9. The molecule has 4 nitrogen and oxygen atoms in total. The molecular formula is C16H20N2O2. The zero-order valence-corrected chi connectivity index (χ0v) is 11.8. The fourth-order valence-electron chi connectivity index (χ4n) is 2.78. The predicted octanol–water partition coefficient (Wildman–Crippen LogP) is 1.62. The van der Waals surface area contributed by atoms with Gasteiger partial charge < -0.3 is 10.2 Å². The summed E-state index contributed by atoms with van der Waals surface area (Å²) in [6, 6.07) is 8.43. The van der Waals surface area contributed by atoms with E-state index in [1.54, 1.807) is 0 Å². The molecule has 1 aliphatic carbocycles. The maximum absolute atomic E-state index is 12.2. The van der Waals surface area contributed by atoms with Crippen molar-refractivity contribution in [1.82, 2.24) is 10.2 Å². The topological polar surface area (TPSA) is 49.4 Å². The molecule has 0 bridgehead atoms. The second kappa shape index (κ2) is 5.27. The number of rotatable bonds is 4. The largest absolute Gasteiger partial charge is 0.352 e. The van der Waals surface area contributed by atoms with Crippen LogP contribution in [-0.2, 0) is 16.1 Å². The van der Waals surface area contributed by atoms with Crippen molar-refractivity contribution in [1.29, 1.82) is 0 Å². The number of nitrogens with one attached hydrogen (secondary N) is 1. The normalized spacial score (nSPS) is 22.1. The molecule has 1 saturated heterocycles. The molecule has 1 atom stereocenters. The van der Waals surface area contributed by atoms with Crippen LogP contribution < -0.4 is 5.32 Å². The van der Waals surface area contributed by atoms with Crippen molar-refractivity contribution in [2.24, 2.45) is 5.92 Å². The third-order valence-electron chi connectivity index (χ3n) is 4.23. The van der Waals surface area contributed by atoms with E-state index < -0.39 is 0 Å². The number of nitrogens with zero attached hydrogens (tertiary/aromatic N) is 1. The van der Waals surface area contributed by atoms with Crippen LogP contribution in [0.15, 0.2) is 24.3 Å². The highest BCUT2D eigenvalue weighted by Gasteiger charge is 2.41. The zero-order chi connectivity index (χ0) is 14.1. The van der Waals surface area contributed by atoms with Gasteiger partial charge in [0.25, 0.3) is 0 Å². The number of aryl methyl sites for hydroxylation is 1. The van der Waals surface area contributed by atoms with Crippen LogP contribution in [-0.4, -0.2) is 29.3 Å². The minimum absolute atomic E-state index is 0.00440. The van der Waals surface area contributed by atoms with E-state index in [9.17, 15) is 9.59 Å². The third-order valence-corrected chi connectivity index (χ3v) is 4.23. The summed E-state index contributed by atoms with van der Waals surface area (Å²) in [7, 11) is 0. The van der Waals surface area contributed by atoms with Gasteiger partial charge in [-0.2, -0.15) is 0 Å². The first-order chi connectivity index (χ1) is 9.65. The van der Waals surface area contributed by atoms with E-state index in [0.717, 1.165) is 18.4 Å². The van der Waals surface area contributed by atoms with E-state index in [-0.39, 0.29) is 17.7 Å². The SMILES string of the molecule is Cc1ccccc1CNC(=O)[C@@H]1CC(=O)N(C2CC2)C1. The summed E-state index contributed by atoms with van der Waals surface area (Å²) >= 11 is 0. The number of hydrogen-bond acceptors (Lipinski definition) is 2. The van der Waals surface area contributed by atoms with Gasteiger partial charge in [-0.05, 0) is 30.9 Å². The van der Waals surface area contributed by atoms with Crippen molar-refractivity contribution < 1.29 is 9.59 Å². The molecule has 0 spiro atoms. The minimum Gasteiger partial charge on any atom is -0.352 e. The molecule has 1 N–H and O–H groups in total.